The molecule has 2 aromatic heterocycles. The third-order valence-corrected chi connectivity index (χ3v) is 4.03. The Morgan fingerprint density at radius 1 is 1.22 bits per heavy atom. The molecule has 0 saturated carbocycles. The van der Waals surface area contributed by atoms with E-state index in [-0.39, 0.29) is 5.91 Å². The van der Waals surface area contributed by atoms with Crippen LogP contribution in [0.3, 0.4) is 0 Å². The van der Waals surface area contributed by atoms with Gasteiger partial charge in [0.25, 0.3) is 5.91 Å². The standard InChI is InChI=1S/C18H20N4O/c1-12-6-4-5-7-15(12)8-9-19-18(23)16-11-20-17-10-13(2)21-22(17)14(16)3/h4-7,10-11H,8-9H2,1-3H3,(H,19,23). The van der Waals surface area contributed by atoms with Crippen LogP contribution in [0.25, 0.3) is 5.65 Å². The zero-order chi connectivity index (χ0) is 16.4. The van der Waals surface area contributed by atoms with Crippen molar-refractivity contribution in [1.29, 1.82) is 0 Å². The van der Waals surface area contributed by atoms with Gasteiger partial charge in [0.05, 0.1) is 17.0 Å². The average molecular weight is 308 g/mol. The minimum atomic E-state index is -0.112. The third kappa shape index (κ3) is 3.08. The molecule has 1 amide bonds. The van der Waals surface area contributed by atoms with E-state index in [0.717, 1.165) is 23.5 Å². The van der Waals surface area contributed by atoms with Crippen molar-refractivity contribution in [2.24, 2.45) is 0 Å². The van der Waals surface area contributed by atoms with E-state index < -0.39 is 0 Å². The number of aromatic nitrogens is 3. The van der Waals surface area contributed by atoms with Crippen molar-refractivity contribution in [3.63, 3.8) is 0 Å². The maximum Gasteiger partial charge on any atom is 0.254 e. The molecule has 0 unspecified atom stereocenters. The van der Waals surface area contributed by atoms with Crippen molar-refractivity contribution in [3.8, 4) is 0 Å². The second-order valence-electron chi connectivity index (χ2n) is 5.75. The smallest absolute Gasteiger partial charge is 0.254 e. The van der Waals surface area contributed by atoms with Crippen LogP contribution in [-0.2, 0) is 6.42 Å². The highest BCUT2D eigenvalue weighted by molar-refractivity contribution is 5.95. The van der Waals surface area contributed by atoms with Gasteiger partial charge in [0, 0.05) is 18.8 Å². The first-order valence-corrected chi connectivity index (χ1v) is 7.71. The number of benzene rings is 1. The van der Waals surface area contributed by atoms with Gasteiger partial charge in [0.2, 0.25) is 0 Å². The Labute approximate surface area is 135 Å². The molecule has 2 heterocycles. The Hall–Kier alpha value is -2.69. The van der Waals surface area contributed by atoms with Crippen LogP contribution in [-0.4, -0.2) is 27.0 Å². The van der Waals surface area contributed by atoms with E-state index >= 15 is 0 Å². The molecule has 5 nitrogen and oxygen atoms in total. The molecule has 0 fully saturated rings. The van der Waals surface area contributed by atoms with Gasteiger partial charge in [-0.05, 0) is 38.3 Å². The van der Waals surface area contributed by atoms with E-state index in [0.29, 0.717) is 12.1 Å². The summed E-state index contributed by atoms with van der Waals surface area (Å²) in [6.45, 7) is 6.48. The molecule has 3 rings (SSSR count). The molecule has 0 radical (unpaired) electrons. The highest BCUT2D eigenvalue weighted by Gasteiger charge is 2.13. The van der Waals surface area contributed by atoms with Crippen LogP contribution in [0, 0.1) is 20.8 Å². The topological polar surface area (TPSA) is 59.3 Å². The van der Waals surface area contributed by atoms with Crippen molar-refractivity contribution in [2.45, 2.75) is 27.2 Å². The summed E-state index contributed by atoms with van der Waals surface area (Å²) in [5, 5.41) is 7.34. The van der Waals surface area contributed by atoms with Crippen molar-refractivity contribution >= 4 is 11.6 Å². The van der Waals surface area contributed by atoms with Crippen LogP contribution < -0.4 is 5.32 Å². The fourth-order valence-corrected chi connectivity index (χ4v) is 2.68. The number of carbonyl (C=O) groups excluding carboxylic acids is 1. The van der Waals surface area contributed by atoms with Crippen molar-refractivity contribution < 1.29 is 4.79 Å². The number of nitrogens with one attached hydrogen (secondary N) is 1. The lowest BCUT2D eigenvalue weighted by molar-refractivity contribution is 0.0952. The van der Waals surface area contributed by atoms with Gasteiger partial charge in [0.15, 0.2) is 5.65 Å². The molecule has 0 aliphatic rings. The number of hydrogen-bond donors (Lipinski definition) is 1. The minimum Gasteiger partial charge on any atom is -0.352 e. The fourth-order valence-electron chi connectivity index (χ4n) is 2.68. The second kappa shape index (κ2) is 6.20. The number of aryl methyl sites for hydroxylation is 3. The van der Waals surface area contributed by atoms with E-state index in [1.165, 1.54) is 11.1 Å². The molecule has 0 saturated heterocycles. The fraction of sp³-hybridized carbons (Fsp3) is 0.278. The molecule has 0 aliphatic carbocycles. The van der Waals surface area contributed by atoms with Gasteiger partial charge in [-0.3, -0.25) is 4.79 Å². The van der Waals surface area contributed by atoms with Gasteiger partial charge >= 0.3 is 0 Å². The van der Waals surface area contributed by atoms with Crippen LogP contribution in [0.5, 0.6) is 0 Å². The maximum atomic E-state index is 12.4. The zero-order valence-corrected chi connectivity index (χ0v) is 13.6. The van der Waals surface area contributed by atoms with Crippen LogP contribution >= 0.6 is 0 Å². The van der Waals surface area contributed by atoms with Gasteiger partial charge in [0.1, 0.15) is 0 Å². The Morgan fingerprint density at radius 2 is 2.00 bits per heavy atom. The zero-order valence-electron chi connectivity index (χ0n) is 13.6. The summed E-state index contributed by atoms with van der Waals surface area (Å²) < 4.78 is 1.71. The molecule has 1 aromatic carbocycles. The summed E-state index contributed by atoms with van der Waals surface area (Å²) in [6.07, 6.45) is 2.43. The maximum absolute atomic E-state index is 12.4. The van der Waals surface area contributed by atoms with Gasteiger partial charge in [-0.25, -0.2) is 9.50 Å². The molecule has 0 aliphatic heterocycles. The highest BCUT2D eigenvalue weighted by atomic mass is 16.1. The van der Waals surface area contributed by atoms with Crippen molar-refractivity contribution in [1.82, 2.24) is 19.9 Å². The first-order chi connectivity index (χ1) is 11.1. The van der Waals surface area contributed by atoms with Crippen LogP contribution in [0.2, 0.25) is 0 Å². The molecule has 0 atom stereocenters. The molecule has 1 N–H and O–H groups in total. The number of nitrogens with zero attached hydrogens (tertiary/aromatic N) is 3. The number of fused-ring (bicyclic) bond motifs is 1. The summed E-state index contributed by atoms with van der Waals surface area (Å²) in [4.78, 5) is 16.7. The number of hydrogen-bond acceptors (Lipinski definition) is 3. The Bertz CT molecular complexity index is 867. The number of rotatable bonds is 4. The molecule has 118 valence electrons. The van der Waals surface area contributed by atoms with Gasteiger partial charge in [-0.2, -0.15) is 5.10 Å². The van der Waals surface area contributed by atoms with Crippen molar-refractivity contribution in [3.05, 3.63) is 64.6 Å². The van der Waals surface area contributed by atoms with Gasteiger partial charge in [-0.15, -0.1) is 0 Å². The first-order valence-electron chi connectivity index (χ1n) is 7.71. The molecule has 5 heteroatoms. The minimum absolute atomic E-state index is 0.112. The summed E-state index contributed by atoms with van der Waals surface area (Å²) >= 11 is 0. The molecule has 0 spiro atoms. The monoisotopic (exact) mass is 308 g/mol. The quantitative estimate of drug-likeness (QED) is 0.806. The number of amides is 1. The van der Waals surface area contributed by atoms with Crippen LogP contribution in [0.4, 0.5) is 0 Å². The lowest BCUT2D eigenvalue weighted by atomic mass is 10.1. The molecule has 3 aromatic rings. The largest absolute Gasteiger partial charge is 0.352 e. The van der Waals surface area contributed by atoms with E-state index in [9.17, 15) is 4.79 Å². The normalized spacial score (nSPS) is 10.9. The van der Waals surface area contributed by atoms with E-state index in [1.54, 1.807) is 10.7 Å². The molecule has 23 heavy (non-hydrogen) atoms. The van der Waals surface area contributed by atoms with Gasteiger partial charge < -0.3 is 5.32 Å². The molecule has 0 bridgehead atoms. The summed E-state index contributed by atoms with van der Waals surface area (Å²) in [6, 6.07) is 10.1. The van der Waals surface area contributed by atoms with Crippen molar-refractivity contribution in [2.75, 3.05) is 6.54 Å². The molecular weight excluding hydrogens is 288 g/mol. The van der Waals surface area contributed by atoms with Crippen LogP contribution in [0.1, 0.15) is 32.9 Å². The lowest BCUT2D eigenvalue weighted by Crippen LogP contribution is -2.27. The highest BCUT2D eigenvalue weighted by Crippen LogP contribution is 2.11. The lowest BCUT2D eigenvalue weighted by Gasteiger charge is -2.09. The van der Waals surface area contributed by atoms with Gasteiger partial charge in [-0.1, -0.05) is 24.3 Å². The van der Waals surface area contributed by atoms with E-state index in [1.807, 2.05) is 32.0 Å². The predicted octanol–water partition coefficient (Wildman–Crippen LogP) is 2.63. The summed E-state index contributed by atoms with van der Waals surface area (Å²) in [5.74, 6) is -0.112. The second-order valence-corrected chi connectivity index (χ2v) is 5.75. The SMILES string of the molecule is Cc1cc2ncc(C(=O)NCCc3ccccc3C)c(C)n2n1. The summed E-state index contributed by atoms with van der Waals surface area (Å²) in [7, 11) is 0. The molecular formula is C18H20N4O. The summed E-state index contributed by atoms with van der Waals surface area (Å²) in [5.41, 5.74) is 5.50. The predicted molar refractivity (Wildman–Crippen MR) is 89.7 cm³/mol. The Morgan fingerprint density at radius 3 is 2.78 bits per heavy atom. The van der Waals surface area contributed by atoms with E-state index in [4.69, 9.17) is 0 Å². The Balaban J connectivity index is 1.71. The van der Waals surface area contributed by atoms with E-state index in [2.05, 4.69) is 34.5 Å². The third-order valence-electron chi connectivity index (χ3n) is 4.03. The first kappa shape index (κ1) is 15.2. The number of carbonyl (C=O) groups is 1. The Kier molecular flexibility index (Phi) is 4.10. The van der Waals surface area contributed by atoms with Crippen LogP contribution in [0.15, 0.2) is 36.5 Å². The average Bonchev–Trinajstić information content (AvgIpc) is 2.91.